The van der Waals surface area contributed by atoms with E-state index < -0.39 is 142 Å². The molecule has 4 saturated carbocycles. The van der Waals surface area contributed by atoms with Crippen molar-refractivity contribution in [3.63, 3.8) is 0 Å². The molecule has 0 radical (unpaired) electrons. The summed E-state index contributed by atoms with van der Waals surface area (Å²) in [5.74, 6) is -9.97. The van der Waals surface area contributed by atoms with Crippen molar-refractivity contribution >= 4 is 35.6 Å². The van der Waals surface area contributed by atoms with Crippen LogP contribution in [-0.2, 0) is 57.2 Å². The van der Waals surface area contributed by atoms with Gasteiger partial charge in [-0.2, -0.15) is 0 Å². The van der Waals surface area contributed by atoms with E-state index in [0.717, 1.165) is 0 Å². The predicted molar refractivity (Wildman–Crippen MR) is 166 cm³/mol. The molecule has 274 valence electrons. The second-order valence-electron chi connectivity index (χ2n) is 16.5. The van der Waals surface area contributed by atoms with Crippen molar-refractivity contribution in [2.45, 2.75) is 117 Å². The molecule has 0 aromatic heterocycles. The zero-order valence-electron chi connectivity index (χ0n) is 29.7. The van der Waals surface area contributed by atoms with Gasteiger partial charge in [-0.3, -0.25) is 24.0 Å². The van der Waals surface area contributed by atoms with Gasteiger partial charge in [0.1, 0.15) is 30.2 Å². The van der Waals surface area contributed by atoms with Gasteiger partial charge < -0.3 is 38.6 Å². The molecule has 0 spiro atoms. The molecule has 18 atom stereocenters. The maximum Gasteiger partial charge on any atom is 0.343 e. The van der Waals surface area contributed by atoms with Crippen LogP contribution in [0.15, 0.2) is 11.8 Å². The topological polar surface area (TPSA) is 202 Å². The van der Waals surface area contributed by atoms with Crippen LogP contribution in [-0.4, -0.2) is 94.2 Å². The quantitative estimate of drug-likeness (QED) is 0.242. The molecule has 50 heavy (non-hydrogen) atoms. The maximum atomic E-state index is 14.8. The Kier molecular flexibility index (Phi) is 7.59. The number of epoxide rings is 1. The summed E-state index contributed by atoms with van der Waals surface area (Å²) in [7, 11) is 0. The summed E-state index contributed by atoms with van der Waals surface area (Å²) in [6.45, 7) is 13.2. The molecule has 2 aliphatic heterocycles. The van der Waals surface area contributed by atoms with Gasteiger partial charge in [-0.15, -0.1) is 0 Å². The lowest BCUT2D eigenvalue weighted by molar-refractivity contribution is -0.273. The van der Waals surface area contributed by atoms with Gasteiger partial charge in [0.2, 0.25) is 0 Å². The number of Topliss-reactive ketones (excluding diaryl/α,β-unsaturated/α-hetero) is 1. The SMILES string of the molecule is CC(=O)OC1C(=O)C2CC3OC3C(OC(C)=O)C2(C)C2C(OC(C)=O)C(OC(C)=O)C3(C)C(C(O)C4C3C(C)C=C3OC(=O)C(C)(O)C34C)C12. The minimum absolute atomic E-state index is 0.196. The van der Waals surface area contributed by atoms with Gasteiger partial charge in [0, 0.05) is 68.1 Å². The normalized spacial score (nSPS) is 52.3. The lowest BCUT2D eigenvalue weighted by Gasteiger charge is -2.65. The fraction of sp³-hybridized carbons (Fsp3) is 0.778. The number of hydrogen-bond acceptors (Lipinski definition) is 14. The third-order valence-corrected chi connectivity index (χ3v) is 14.0. The molecule has 2 heterocycles. The van der Waals surface area contributed by atoms with Crippen molar-refractivity contribution in [1.29, 1.82) is 0 Å². The van der Waals surface area contributed by atoms with E-state index >= 15 is 0 Å². The number of allylic oxidation sites excluding steroid dienone is 1. The minimum Gasteiger partial charge on any atom is -0.459 e. The summed E-state index contributed by atoms with van der Waals surface area (Å²) in [4.78, 5) is 79.7. The molecule has 7 aliphatic rings. The first-order valence-electron chi connectivity index (χ1n) is 17.4. The Morgan fingerprint density at radius 1 is 0.800 bits per heavy atom. The Morgan fingerprint density at radius 2 is 1.38 bits per heavy atom. The molecular weight excluding hydrogens is 656 g/mol. The molecule has 0 bridgehead atoms. The molecule has 0 aromatic rings. The van der Waals surface area contributed by atoms with Crippen molar-refractivity contribution in [1.82, 2.24) is 0 Å². The Morgan fingerprint density at radius 3 is 1.96 bits per heavy atom. The second kappa shape index (κ2) is 10.8. The number of ketones is 1. The summed E-state index contributed by atoms with van der Waals surface area (Å²) >= 11 is 0. The van der Waals surface area contributed by atoms with E-state index in [2.05, 4.69) is 0 Å². The monoisotopic (exact) mass is 702 g/mol. The number of aliphatic hydroxyl groups excluding tert-OH is 1. The number of fused-ring (bicyclic) bond motifs is 10. The summed E-state index contributed by atoms with van der Waals surface area (Å²) in [5.41, 5.74) is -6.22. The van der Waals surface area contributed by atoms with E-state index in [1.165, 1.54) is 34.6 Å². The average molecular weight is 703 g/mol. The van der Waals surface area contributed by atoms with Gasteiger partial charge in [0.25, 0.3) is 0 Å². The van der Waals surface area contributed by atoms with E-state index in [9.17, 15) is 39.0 Å². The number of rotatable bonds is 4. The van der Waals surface area contributed by atoms with Gasteiger partial charge in [-0.25, -0.2) is 4.79 Å². The highest BCUT2D eigenvalue weighted by Gasteiger charge is 2.83. The first-order valence-corrected chi connectivity index (χ1v) is 17.4. The van der Waals surface area contributed by atoms with Crippen molar-refractivity contribution in [2.24, 2.45) is 57.7 Å². The van der Waals surface area contributed by atoms with Gasteiger partial charge in [0.05, 0.1) is 17.6 Å². The van der Waals surface area contributed by atoms with E-state index in [-0.39, 0.29) is 12.2 Å². The number of carbonyl (C=O) groups is 6. The van der Waals surface area contributed by atoms with Crippen LogP contribution < -0.4 is 0 Å². The largest absolute Gasteiger partial charge is 0.459 e. The fourth-order valence-electron chi connectivity index (χ4n) is 12.2. The second-order valence-corrected chi connectivity index (χ2v) is 16.5. The molecule has 2 saturated heterocycles. The van der Waals surface area contributed by atoms with Crippen LogP contribution in [0.4, 0.5) is 0 Å². The van der Waals surface area contributed by atoms with Crippen molar-refractivity contribution in [2.75, 3.05) is 0 Å². The summed E-state index contributed by atoms with van der Waals surface area (Å²) < 4.78 is 35.9. The zero-order chi connectivity index (χ0) is 36.8. The minimum atomic E-state index is -2.09. The highest BCUT2D eigenvalue weighted by Crippen LogP contribution is 2.75. The van der Waals surface area contributed by atoms with Crippen LogP contribution >= 0.6 is 0 Å². The number of ether oxygens (including phenoxy) is 6. The number of esters is 5. The van der Waals surface area contributed by atoms with E-state index in [4.69, 9.17) is 28.4 Å². The first kappa shape index (κ1) is 35.1. The maximum absolute atomic E-state index is 14.8. The standard InChI is InChI=1S/C36H46O14/c1-12-10-19-35(8,36(9,44)32(43)50-19)24-21(12)34(7)22(26(24)42)20-23(29(46-14(3)38)31(34)48-16(5)40)33(6)17(25(41)28(20)45-13(2)37)11-18-27(49-18)30(33)47-15(4)39/h10,12,17-18,20-24,26-31,42,44H,11H2,1-9H3. The van der Waals surface area contributed by atoms with E-state index in [1.807, 2.05) is 6.92 Å². The molecule has 0 amide bonds. The van der Waals surface area contributed by atoms with E-state index in [1.54, 1.807) is 26.8 Å². The molecular formula is C36H46O14. The van der Waals surface area contributed by atoms with Crippen molar-refractivity contribution < 1.29 is 67.4 Å². The third-order valence-electron chi connectivity index (χ3n) is 14.0. The van der Waals surface area contributed by atoms with Gasteiger partial charge in [-0.1, -0.05) is 20.8 Å². The van der Waals surface area contributed by atoms with Crippen LogP contribution in [0.1, 0.15) is 68.7 Å². The average Bonchev–Trinajstić information content (AvgIpc) is 3.68. The lowest BCUT2D eigenvalue weighted by Crippen LogP contribution is -2.75. The van der Waals surface area contributed by atoms with Gasteiger partial charge in [-0.05, 0) is 38.2 Å². The molecule has 5 aliphatic carbocycles. The first-order chi connectivity index (χ1) is 23.1. The number of carbonyl (C=O) groups excluding carboxylic acids is 6. The Bertz CT molecular complexity index is 1620. The van der Waals surface area contributed by atoms with Crippen molar-refractivity contribution in [3.8, 4) is 0 Å². The molecule has 14 heteroatoms. The lowest BCUT2D eigenvalue weighted by atomic mass is 9.41. The van der Waals surface area contributed by atoms with Gasteiger partial charge >= 0.3 is 29.8 Å². The van der Waals surface area contributed by atoms with Crippen LogP contribution in [0.25, 0.3) is 0 Å². The molecule has 6 fully saturated rings. The Labute approximate surface area is 289 Å². The zero-order valence-corrected chi connectivity index (χ0v) is 29.7. The highest BCUT2D eigenvalue weighted by atomic mass is 16.6. The van der Waals surface area contributed by atoms with Crippen LogP contribution in [0.5, 0.6) is 0 Å². The molecule has 2 N–H and O–H groups in total. The Balaban J connectivity index is 1.53. The van der Waals surface area contributed by atoms with Crippen LogP contribution in [0, 0.1) is 57.7 Å². The summed E-state index contributed by atoms with van der Waals surface area (Å²) in [6.07, 6.45) is -5.43. The summed E-state index contributed by atoms with van der Waals surface area (Å²) in [5, 5.41) is 24.7. The molecule has 14 nitrogen and oxygen atoms in total. The fourth-order valence-corrected chi connectivity index (χ4v) is 12.2. The van der Waals surface area contributed by atoms with Crippen LogP contribution in [0.3, 0.4) is 0 Å². The molecule has 0 aromatic carbocycles. The van der Waals surface area contributed by atoms with Crippen LogP contribution in [0.2, 0.25) is 0 Å². The van der Waals surface area contributed by atoms with E-state index in [0.29, 0.717) is 0 Å². The Hall–Kier alpha value is -3.36. The number of aliphatic hydroxyl groups is 2. The van der Waals surface area contributed by atoms with Crippen molar-refractivity contribution in [3.05, 3.63) is 11.8 Å². The molecule has 18 unspecified atom stereocenters. The predicted octanol–water partition coefficient (Wildman–Crippen LogP) is 1.41. The molecule has 7 rings (SSSR count). The third kappa shape index (κ3) is 4.24. The number of hydrogen-bond donors (Lipinski definition) is 2. The summed E-state index contributed by atoms with van der Waals surface area (Å²) in [6, 6.07) is 0. The highest BCUT2D eigenvalue weighted by molar-refractivity contribution is 5.90. The smallest absolute Gasteiger partial charge is 0.343 e. The van der Waals surface area contributed by atoms with Gasteiger partial charge in [0.15, 0.2) is 17.5 Å².